The summed E-state index contributed by atoms with van der Waals surface area (Å²) in [6.45, 7) is 5.65. The van der Waals surface area contributed by atoms with Gasteiger partial charge in [-0.3, -0.25) is 19.2 Å². The molecule has 0 saturated carbocycles. The van der Waals surface area contributed by atoms with Crippen LogP contribution in [0.3, 0.4) is 0 Å². The summed E-state index contributed by atoms with van der Waals surface area (Å²) in [7, 11) is 0. The Kier molecular flexibility index (Phi) is 13.4. The van der Waals surface area contributed by atoms with Crippen molar-refractivity contribution in [3.63, 3.8) is 0 Å². The highest BCUT2D eigenvalue weighted by Gasteiger charge is 2.15. The molecule has 5 rings (SSSR count). The standard InChI is InChI=1S/C44H48O8/c1-29(45)49-41-21-17-33-9-5-10-34-19-23-43(51-31(3)47)39(27-34)15-8-16-40-28-36(20-24-44(40)52-32(4)48)12-6-11-35-18-22-42(50-30(2)46)38(26-35)14-7-13-37(41)25-33/h17-28H,5-16H2,1-4H3. The summed E-state index contributed by atoms with van der Waals surface area (Å²) >= 11 is 0. The molecule has 1 aliphatic carbocycles. The van der Waals surface area contributed by atoms with Crippen molar-refractivity contribution in [1.29, 1.82) is 0 Å². The molecule has 0 aromatic heterocycles. The van der Waals surface area contributed by atoms with E-state index in [1.807, 2.05) is 48.5 Å². The van der Waals surface area contributed by atoms with E-state index >= 15 is 0 Å². The summed E-state index contributed by atoms with van der Waals surface area (Å²) in [6.07, 6.45) is 9.43. The number of hydrogen-bond acceptors (Lipinski definition) is 8. The average molecular weight is 705 g/mol. The first-order valence-corrected chi connectivity index (χ1v) is 18.2. The van der Waals surface area contributed by atoms with Gasteiger partial charge in [0.15, 0.2) is 0 Å². The summed E-state index contributed by atoms with van der Waals surface area (Å²) in [4.78, 5) is 47.7. The highest BCUT2D eigenvalue weighted by Crippen LogP contribution is 2.30. The maximum atomic E-state index is 11.9. The molecule has 0 atom stereocenters. The quantitative estimate of drug-likeness (QED) is 0.154. The molecule has 0 unspecified atom stereocenters. The average Bonchev–Trinajstić information content (AvgIpc) is 3.07. The van der Waals surface area contributed by atoms with Gasteiger partial charge >= 0.3 is 23.9 Å². The van der Waals surface area contributed by atoms with Gasteiger partial charge in [-0.1, -0.05) is 48.5 Å². The van der Waals surface area contributed by atoms with Gasteiger partial charge in [-0.2, -0.15) is 0 Å². The van der Waals surface area contributed by atoms with E-state index < -0.39 is 0 Å². The lowest BCUT2D eigenvalue weighted by Crippen LogP contribution is -2.07. The second-order valence-electron chi connectivity index (χ2n) is 13.6. The lowest BCUT2D eigenvalue weighted by molar-refractivity contribution is -0.132. The predicted molar refractivity (Wildman–Crippen MR) is 199 cm³/mol. The van der Waals surface area contributed by atoms with Crippen LogP contribution >= 0.6 is 0 Å². The molecule has 0 N–H and O–H groups in total. The minimum absolute atomic E-state index is 0.358. The number of ether oxygens (including phenoxy) is 4. The van der Waals surface area contributed by atoms with Crippen LogP contribution < -0.4 is 18.9 Å². The number of esters is 4. The van der Waals surface area contributed by atoms with Crippen molar-refractivity contribution in [1.82, 2.24) is 0 Å². The second kappa shape index (κ2) is 18.3. The van der Waals surface area contributed by atoms with Crippen LogP contribution in [-0.2, 0) is 70.5 Å². The third-order valence-corrected chi connectivity index (χ3v) is 9.16. The molecule has 8 heteroatoms. The van der Waals surface area contributed by atoms with Crippen molar-refractivity contribution in [3.05, 3.63) is 117 Å². The Morgan fingerprint density at radius 3 is 0.769 bits per heavy atom. The monoisotopic (exact) mass is 704 g/mol. The first kappa shape index (κ1) is 38.0. The molecule has 0 fully saturated rings. The zero-order chi connectivity index (χ0) is 37.0. The van der Waals surface area contributed by atoms with Crippen molar-refractivity contribution in [2.24, 2.45) is 0 Å². The number of fused-ring (bicyclic) bond motifs is 8. The van der Waals surface area contributed by atoms with Gasteiger partial charge in [-0.25, -0.2) is 0 Å². The van der Waals surface area contributed by atoms with Crippen LogP contribution in [0.4, 0.5) is 0 Å². The van der Waals surface area contributed by atoms with Gasteiger partial charge in [0.05, 0.1) is 0 Å². The fourth-order valence-electron chi connectivity index (χ4n) is 6.88. The van der Waals surface area contributed by atoms with Crippen molar-refractivity contribution >= 4 is 23.9 Å². The number of rotatable bonds is 4. The normalized spacial score (nSPS) is 13.9. The zero-order valence-corrected chi connectivity index (χ0v) is 30.7. The first-order chi connectivity index (χ1) is 25.0. The fourth-order valence-corrected chi connectivity index (χ4v) is 6.88. The van der Waals surface area contributed by atoms with Crippen LogP contribution in [0.5, 0.6) is 23.0 Å². The summed E-state index contributed by atoms with van der Waals surface area (Å²) < 4.78 is 22.4. The van der Waals surface area contributed by atoms with E-state index in [9.17, 15) is 19.2 Å². The van der Waals surface area contributed by atoms with E-state index in [2.05, 4.69) is 24.3 Å². The molecule has 52 heavy (non-hydrogen) atoms. The number of carbonyl (C=O) groups excluding carboxylic acids is 4. The molecular weight excluding hydrogens is 656 g/mol. The van der Waals surface area contributed by atoms with Crippen LogP contribution in [0.1, 0.15) is 97.9 Å². The molecule has 4 aromatic rings. The van der Waals surface area contributed by atoms with Gasteiger partial charge in [-0.15, -0.1) is 0 Å². The third-order valence-electron chi connectivity index (χ3n) is 9.16. The third kappa shape index (κ3) is 11.4. The summed E-state index contributed by atoms with van der Waals surface area (Å²) in [5.74, 6) is 0.850. The minimum atomic E-state index is -0.358. The molecule has 272 valence electrons. The molecule has 1 aliphatic rings. The first-order valence-electron chi connectivity index (χ1n) is 18.2. The lowest BCUT2D eigenvalue weighted by atomic mass is 9.95. The lowest BCUT2D eigenvalue weighted by Gasteiger charge is -2.15. The van der Waals surface area contributed by atoms with Gasteiger partial charge in [0.25, 0.3) is 0 Å². The van der Waals surface area contributed by atoms with Gasteiger partial charge in [0.1, 0.15) is 23.0 Å². The van der Waals surface area contributed by atoms with E-state index in [1.54, 1.807) is 0 Å². The van der Waals surface area contributed by atoms with E-state index in [0.29, 0.717) is 48.7 Å². The Morgan fingerprint density at radius 1 is 0.346 bits per heavy atom. The maximum absolute atomic E-state index is 11.9. The van der Waals surface area contributed by atoms with E-state index in [0.717, 1.165) is 95.9 Å². The van der Waals surface area contributed by atoms with Crippen LogP contribution in [-0.4, -0.2) is 23.9 Å². The Bertz CT molecular complexity index is 1650. The van der Waals surface area contributed by atoms with E-state index in [1.165, 1.54) is 27.7 Å². The smallest absolute Gasteiger partial charge is 0.308 e. The van der Waals surface area contributed by atoms with Crippen LogP contribution in [0, 0.1) is 0 Å². The predicted octanol–water partition coefficient (Wildman–Crippen LogP) is 8.40. The number of aryl methyl sites for hydroxylation is 8. The van der Waals surface area contributed by atoms with E-state index in [-0.39, 0.29) is 23.9 Å². The molecule has 0 saturated heterocycles. The largest absolute Gasteiger partial charge is 0.426 e. The summed E-state index contributed by atoms with van der Waals surface area (Å²) in [6, 6.07) is 24.1. The molecule has 0 radical (unpaired) electrons. The van der Waals surface area contributed by atoms with Gasteiger partial charge < -0.3 is 18.9 Å². The van der Waals surface area contributed by atoms with Crippen LogP contribution in [0.15, 0.2) is 72.8 Å². The van der Waals surface area contributed by atoms with Crippen LogP contribution in [0.25, 0.3) is 0 Å². The maximum Gasteiger partial charge on any atom is 0.308 e. The Hall–Kier alpha value is -5.24. The van der Waals surface area contributed by atoms with Crippen molar-refractivity contribution < 1.29 is 38.1 Å². The van der Waals surface area contributed by atoms with Gasteiger partial charge in [0, 0.05) is 27.7 Å². The van der Waals surface area contributed by atoms with Crippen molar-refractivity contribution in [2.45, 2.75) is 105 Å². The highest BCUT2D eigenvalue weighted by molar-refractivity contribution is 5.71. The van der Waals surface area contributed by atoms with Crippen molar-refractivity contribution in [3.8, 4) is 23.0 Å². The molecule has 4 aromatic carbocycles. The Labute approximate surface area is 306 Å². The Balaban J connectivity index is 1.45. The molecule has 0 spiro atoms. The topological polar surface area (TPSA) is 105 Å². The molecule has 0 heterocycles. The highest BCUT2D eigenvalue weighted by atomic mass is 16.5. The summed E-state index contributed by atoms with van der Waals surface area (Å²) in [5, 5.41) is 0. The van der Waals surface area contributed by atoms with Crippen LogP contribution in [0.2, 0.25) is 0 Å². The number of benzene rings is 4. The van der Waals surface area contributed by atoms with Crippen molar-refractivity contribution in [2.75, 3.05) is 0 Å². The van der Waals surface area contributed by atoms with E-state index in [4.69, 9.17) is 18.9 Å². The minimum Gasteiger partial charge on any atom is -0.426 e. The molecule has 8 nitrogen and oxygen atoms in total. The molecular formula is C44H48O8. The van der Waals surface area contributed by atoms with Gasteiger partial charge in [-0.05, 0) is 146 Å². The number of hydrogen-bond donors (Lipinski definition) is 0. The number of carbonyl (C=O) groups is 4. The molecule has 8 bridgehead atoms. The van der Waals surface area contributed by atoms with Gasteiger partial charge in [0.2, 0.25) is 0 Å². The zero-order valence-electron chi connectivity index (χ0n) is 30.7. The Morgan fingerprint density at radius 2 is 0.558 bits per heavy atom. The molecule has 0 aliphatic heterocycles. The second-order valence-corrected chi connectivity index (χ2v) is 13.6. The SMILES string of the molecule is CC(=O)Oc1ccc2cc1CCCc1cc(ccc1OC(C)=O)CCCc1ccc(OC(C)=O)c(c1)CCCc1cc(ccc1OC(C)=O)CCC2. The molecule has 0 amide bonds. The summed E-state index contributed by atoms with van der Waals surface area (Å²) in [5.41, 5.74) is 8.52. The fraction of sp³-hybridized carbons (Fsp3) is 0.364.